The van der Waals surface area contributed by atoms with Crippen molar-refractivity contribution < 1.29 is 14.3 Å². The zero-order valence-corrected chi connectivity index (χ0v) is 14.1. The average molecular weight is 320 g/mol. The van der Waals surface area contributed by atoms with Gasteiger partial charge in [-0.2, -0.15) is 0 Å². The van der Waals surface area contributed by atoms with Crippen LogP contribution in [0.3, 0.4) is 0 Å². The van der Waals surface area contributed by atoms with Crippen LogP contribution in [-0.2, 0) is 9.53 Å². The number of amides is 2. The monoisotopic (exact) mass is 320 g/mol. The van der Waals surface area contributed by atoms with E-state index in [1.165, 1.54) is 9.80 Å². The van der Waals surface area contributed by atoms with Gasteiger partial charge >= 0.3 is 6.09 Å². The van der Waals surface area contributed by atoms with Gasteiger partial charge in [-0.15, -0.1) is 0 Å². The number of pyridine rings is 1. The van der Waals surface area contributed by atoms with E-state index in [9.17, 15) is 9.59 Å². The highest BCUT2D eigenvalue weighted by Crippen LogP contribution is 2.17. The lowest BCUT2D eigenvalue weighted by molar-refractivity contribution is -0.124. The molecular formula is C16H24N4O3. The highest BCUT2D eigenvalue weighted by atomic mass is 16.6. The second kappa shape index (κ2) is 6.95. The molecule has 0 aromatic carbocycles. The van der Waals surface area contributed by atoms with Gasteiger partial charge in [-0.25, -0.2) is 4.79 Å². The maximum atomic E-state index is 12.8. The minimum Gasteiger partial charge on any atom is -0.444 e. The summed E-state index contributed by atoms with van der Waals surface area (Å²) in [5, 5.41) is 3.16. The fourth-order valence-electron chi connectivity index (χ4n) is 2.37. The van der Waals surface area contributed by atoms with Crippen molar-refractivity contribution in [2.75, 3.05) is 31.6 Å². The molecule has 1 aromatic heterocycles. The molecule has 1 N–H and O–H groups in total. The molecule has 1 atom stereocenters. The van der Waals surface area contributed by atoms with Crippen molar-refractivity contribution in [3.63, 3.8) is 0 Å². The highest BCUT2D eigenvalue weighted by molar-refractivity contribution is 5.98. The van der Waals surface area contributed by atoms with Crippen LogP contribution in [0.1, 0.15) is 20.8 Å². The Kier molecular flexibility index (Phi) is 5.20. The summed E-state index contributed by atoms with van der Waals surface area (Å²) in [6.45, 7) is 6.91. The number of nitrogens with zero attached hydrogens (tertiary/aromatic N) is 3. The maximum absolute atomic E-state index is 12.8. The van der Waals surface area contributed by atoms with Crippen molar-refractivity contribution in [3.8, 4) is 0 Å². The van der Waals surface area contributed by atoms with E-state index in [0.717, 1.165) is 0 Å². The Bertz CT molecular complexity index is 556. The molecule has 126 valence electrons. The summed E-state index contributed by atoms with van der Waals surface area (Å²) < 4.78 is 5.42. The summed E-state index contributed by atoms with van der Waals surface area (Å²) >= 11 is 0. The van der Waals surface area contributed by atoms with E-state index in [1.54, 1.807) is 31.6 Å². The van der Waals surface area contributed by atoms with E-state index in [2.05, 4.69) is 10.3 Å². The Hall–Kier alpha value is -2.15. The molecule has 0 radical (unpaired) electrons. The Morgan fingerprint density at radius 3 is 2.78 bits per heavy atom. The molecule has 1 aliphatic heterocycles. The van der Waals surface area contributed by atoms with Crippen LogP contribution in [0.5, 0.6) is 0 Å². The molecule has 7 nitrogen and oxygen atoms in total. The molecule has 0 saturated carbocycles. The van der Waals surface area contributed by atoms with Crippen LogP contribution in [0.4, 0.5) is 10.5 Å². The summed E-state index contributed by atoms with van der Waals surface area (Å²) in [4.78, 5) is 32.2. The van der Waals surface area contributed by atoms with Gasteiger partial charge in [0.1, 0.15) is 11.6 Å². The van der Waals surface area contributed by atoms with Gasteiger partial charge in [0.2, 0.25) is 0 Å². The number of nitrogens with one attached hydrogen (secondary N) is 1. The number of anilines is 1. The quantitative estimate of drug-likeness (QED) is 0.888. The molecule has 1 saturated heterocycles. The first-order chi connectivity index (χ1) is 10.8. The SMILES string of the molecule is CN(C(=O)C1CNCCN1C(=O)OC(C)(C)C)c1cccnc1. The van der Waals surface area contributed by atoms with Crippen molar-refractivity contribution in [1.82, 2.24) is 15.2 Å². The number of likely N-dealkylation sites (N-methyl/N-ethyl adjacent to an activating group) is 1. The summed E-state index contributed by atoms with van der Waals surface area (Å²) in [6.07, 6.45) is 2.81. The molecule has 1 unspecified atom stereocenters. The van der Waals surface area contributed by atoms with Gasteiger partial charge in [-0.1, -0.05) is 0 Å². The number of hydrogen-bond donors (Lipinski definition) is 1. The molecule has 2 heterocycles. The van der Waals surface area contributed by atoms with E-state index in [4.69, 9.17) is 4.74 Å². The predicted molar refractivity (Wildman–Crippen MR) is 87.2 cm³/mol. The Balaban J connectivity index is 2.14. The number of hydrogen-bond acceptors (Lipinski definition) is 5. The maximum Gasteiger partial charge on any atom is 0.411 e. The standard InChI is InChI=1S/C16H24N4O3/c1-16(2,3)23-15(22)20-9-8-18-11-13(20)14(21)19(4)12-6-5-7-17-10-12/h5-7,10,13,18H,8-9,11H2,1-4H3. The van der Waals surface area contributed by atoms with Gasteiger partial charge in [-0.05, 0) is 32.9 Å². The number of aromatic nitrogens is 1. The van der Waals surface area contributed by atoms with Gasteiger partial charge in [-0.3, -0.25) is 14.7 Å². The van der Waals surface area contributed by atoms with E-state index >= 15 is 0 Å². The van der Waals surface area contributed by atoms with E-state index < -0.39 is 17.7 Å². The molecule has 0 aliphatic carbocycles. The third kappa shape index (κ3) is 4.41. The van der Waals surface area contributed by atoms with Crippen molar-refractivity contribution in [2.45, 2.75) is 32.4 Å². The van der Waals surface area contributed by atoms with Crippen LogP contribution in [0.2, 0.25) is 0 Å². The molecule has 1 aliphatic rings. The van der Waals surface area contributed by atoms with E-state index in [1.807, 2.05) is 20.8 Å². The summed E-state index contributed by atoms with van der Waals surface area (Å²) in [7, 11) is 1.68. The molecular weight excluding hydrogens is 296 g/mol. The minimum atomic E-state index is -0.594. The van der Waals surface area contributed by atoms with Crippen molar-refractivity contribution >= 4 is 17.7 Å². The van der Waals surface area contributed by atoms with Crippen LogP contribution in [0.15, 0.2) is 24.5 Å². The molecule has 1 fully saturated rings. The number of rotatable bonds is 2. The largest absolute Gasteiger partial charge is 0.444 e. The third-order valence-electron chi connectivity index (χ3n) is 3.52. The van der Waals surface area contributed by atoms with Crippen LogP contribution in [-0.4, -0.2) is 60.2 Å². The van der Waals surface area contributed by atoms with Gasteiger partial charge in [0.05, 0.1) is 11.9 Å². The molecule has 23 heavy (non-hydrogen) atoms. The molecule has 1 aromatic rings. The van der Waals surface area contributed by atoms with Crippen molar-refractivity contribution in [3.05, 3.63) is 24.5 Å². The van der Waals surface area contributed by atoms with Crippen molar-refractivity contribution in [2.24, 2.45) is 0 Å². The molecule has 2 amide bonds. The molecule has 0 spiro atoms. The first kappa shape index (κ1) is 17.2. The van der Waals surface area contributed by atoms with Crippen LogP contribution < -0.4 is 10.2 Å². The second-order valence-corrected chi connectivity index (χ2v) is 6.50. The topological polar surface area (TPSA) is 74.8 Å². The van der Waals surface area contributed by atoms with E-state index in [-0.39, 0.29) is 5.91 Å². The number of carbonyl (C=O) groups is 2. The number of piperazine rings is 1. The lowest BCUT2D eigenvalue weighted by Crippen LogP contribution is -2.60. The van der Waals surface area contributed by atoms with Gasteiger partial charge in [0.25, 0.3) is 5.91 Å². The summed E-state index contributed by atoms with van der Waals surface area (Å²) in [5.41, 5.74) is 0.0948. The fraction of sp³-hybridized carbons (Fsp3) is 0.562. The van der Waals surface area contributed by atoms with Gasteiger partial charge in [0, 0.05) is 32.9 Å². The smallest absolute Gasteiger partial charge is 0.411 e. The number of carbonyl (C=O) groups excluding carboxylic acids is 2. The zero-order chi connectivity index (χ0) is 17.0. The average Bonchev–Trinajstić information content (AvgIpc) is 2.52. The lowest BCUT2D eigenvalue weighted by Gasteiger charge is -2.37. The predicted octanol–water partition coefficient (Wildman–Crippen LogP) is 1.25. The summed E-state index contributed by atoms with van der Waals surface area (Å²) in [5.74, 6) is -0.170. The minimum absolute atomic E-state index is 0.170. The molecule has 7 heteroatoms. The third-order valence-corrected chi connectivity index (χ3v) is 3.52. The molecule has 0 bridgehead atoms. The Morgan fingerprint density at radius 1 is 1.43 bits per heavy atom. The van der Waals surface area contributed by atoms with Gasteiger partial charge < -0.3 is 15.0 Å². The van der Waals surface area contributed by atoms with E-state index in [0.29, 0.717) is 25.3 Å². The summed E-state index contributed by atoms with van der Waals surface area (Å²) in [6, 6.07) is 2.98. The van der Waals surface area contributed by atoms with Crippen LogP contribution in [0.25, 0.3) is 0 Å². The van der Waals surface area contributed by atoms with Crippen LogP contribution >= 0.6 is 0 Å². The first-order valence-electron chi connectivity index (χ1n) is 7.67. The Morgan fingerprint density at radius 2 is 2.17 bits per heavy atom. The number of ether oxygens (including phenoxy) is 1. The second-order valence-electron chi connectivity index (χ2n) is 6.50. The van der Waals surface area contributed by atoms with Gasteiger partial charge in [0.15, 0.2) is 0 Å². The fourth-order valence-corrected chi connectivity index (χ4v) is 2.37. The highest BCUT2D eigenvalue weighted by Gasteiger charge is 2.36. The lowest BCUT2D eigenvalue weighted by atomic mass is 10.1. The first-order valence-corrected chi connectivity index (χ1v) is 7.67. The zero-order valence-electron chi connectivity index (χ0n) is 14.1. The molecule has 2 rings (SSSR count). The van der Waals surface area contributed by atoms with Crippen LogP contribution in [0, 0.1) is 0 Å². The normalized spacial score (nSPS) is 18.4. The Labute approximate surface area is 136 Å². The van der Waals surface area contributed by atoms with Crippen molar-refractivity contribution in [1.29, 1.82) is 0 Å².